The first-order chi connectivity index (χ1) is 13.5. The molecule has 7 heteroatoms. The lowest BCUT2D eigenvalue weighted by Gasteiger charge is -2.26. The van der Waals surface area contributed by atoms with Crippen molar-refractivity contribution in [2.24, 2.45) is 5.92 Å². The quantitative estimate of drug-likeness (QED) is 0.834. The number of amides is 1. The van der Waals surface area contributed by atoms with Crippen LogP contribution in [0.15, 0.2) is 59.5 Å². The molecule has 0 aliphatic carbocycles. The van der Waals surface area contributed by atoms with Crippen LogP contribution in [0, 0.1) is 5.92 Å². The Labute approximate surface area is 166 Å². The van der Waals surface area contributed by atoms with Crippen LogP contribution in [0.1, 0.15) is 12.0 Å². The highest BCUT2D eigenvalue weighted by Gasteiger charge is 2.31. The minimum atomic E-state index is -3.43. The summed E-state index contributed by atoms with van der Waals surface area (Å²) >= 11 is 0. The van der Waals surface area contributed by atoms with Crippen LogP contribution in [0.5, 0.6) is 0 Å². The molecular formula is C21H25N3O3S. The number of nitrogens with zero attached hydrogens (tertiary/aromatic N) is 2. The number of anilines is 1. The lowest BCUT2D eigenvalue weighted by Crippen LogP contribution is -2.46. The van der Waals surface area contributed by atoms with Crippen molar-refractivity contribution in [3.8, 4) is 0 Å². The van der Waals surface area contributed by atoms with E-state index in [9.17, 15) is 13.2 Å². The fraction of sp³-hybridized carbons (Fsp3) is 0.381. The third-order valence-corrected chi connectivity index (χ3v) is 7.35. The minimum absolute atomic E-state index is 0.147. The molecule has 2 heterocycles. The third-order valence-electron chi connectivity index (χ3n) is 5.43. The fourth-order valence-corrected chi connectivity index (χ4v) is 5.38. The van der Waals surface area contributed by atoms with Crippen LogP contribution in [0.3, 0.4) is 0 Å². The number of hydrogen-bond donors (Lipinski definition) is 1. The van der Waals surface area contributed by atoms with Gasteiger partial charge in [0.2, 0.25) is 15.9 Å². The van der Waals surface area contributed by atoms with Gasteiger partial charge in [0.1, 0.15) is 0 Å². The molecule has 0 spiro atoms. The van der Waals surface area contributed by atoms with E-state index in [1.807, 2.05) is 47.4 Å². The average molecular weight is 400 g/mol. The van der Waals surface area contributed by atoms with Gasteiger partial charge in [-0.1, -0.05) is 30.3 Å². The van der Waals surface area contributed by atoms with Crippen LogP contribution in [0.4, 0.5) is 5.69 Å². The van der Waals surface area contributed by atoms with Gasteiger partial charge < -0.3 is 10.2 Å². The second-order valence-corrected chi connectivity index (χ2v) is 9.35. The molecule has 1 N–H and O–H groups in total. The summed E-state index contributed by atoms with van der Waals surface area (Å²) in [6.07, 6.45) is 1.29. The molecular weight excluding hydrogens is 374 g/mol. The van der Waals surface area contributed by atoms with E-state index >= 15 is 0 Å². The summed E-state index contributed by atoms with van der Waals surface area (Å²) in [4.78, 5) is 14.6. The number of rotatable bonds is 5. The number of para-hydroxylation sites is 1. The van der Waals surface area contributed by atoms with E-state index < -0.39 is 10.0 Å². The van der Waals surface area contributed by atoms with Crippen LogP contribution < -0.4 is 10.2 Å². The maximum Gasteiger partial charge on any atom is 0.243 e. The molecule has 2 aliphatic rings. The number of nitrogens with one attached hydrogen (secondary N) is 1. The third kappa shape index (κ3) is 3.97. The smallest absolute Gasteiger partial charge is 0.243 e. The van der Waals surface area contributed by atoms with E-state index in [0.29, 0.717) is 44.0 Å². The molecule has 0 saturated carbocycles. The summed E-state index contributed by atoms with van der Waals surface area (Å²) in [5.74, 6) is 0.387. The zero-order valence-corrected chi connectivity index (χ0v) is 16.6. The maximum absolute atomic E-state index is 12.7. The van der Waals surface area contributed by atoms with Gasteiger partial charge in [0.25, 0.3) is 0 Å². The normalized spacial score (nSPS) is 21.2. The summed E-state index contributed by atoms with van der Waals surface area (Å²) in [5.41, 5.74) is 2.00. The zero-order valence-electron chi connectivity index (χ0n) is 15.8. The number of carbonyl (C=O) groups excluding carboxylic acids is 1. The van der Waals surface area contributed by atoms with E-state index in [2.05, 4.69) is 5.32 Å². The van der Waals surface area contributed by atoms with Crippen molar-refractivity contribution in [3.63, 3.8) is 0 Å². The van der Waals surface area contributed by atoms with Gasteiger partial charge in [-0.2, -0.15) is 4.31 Å². The van der Waals surface area contributed by atoms with E-state index in [1.165, 1.54) is 4.31 Å². The Bertz CT molecular complexity index is 923. The van der Waals surface area contributed by atoms with Crippen LogP contribution in [-0.2, 0) is 21.2 Å². The van der Waals surface area contributed by atoms with Crippen molar-refractivity contribution >= 4 is 21.6 Å². The van der Waals surface area contributed by atoms with E-state index in [0.717, 1.165) is 17.7 Å². The molecule has 0 radical (unpaired) electrons. The largest absolute Gasteiger partial charge is 0.314 e. The summed E-state index contributed by atoms with van der Waals surface area (Å²) in [7, 11) is -3.43. The number of sulfonamides is 1. The molecule has 148 valence electrons. The fourth-order valence-electron chi connectivity index (χ4n) is 3.94. The Morgan fingerprint density at radius 2 is 1.64 bits per heavy atom. The van der Waals surface area contributed by atoms with Crippen molar-refractivity contribution in [2.45, 2.75) is 17.7 Å². The van der Waals surface area contributed by atoms with Crippen LogP contribution >= 0.6 is 0 Å². The molecule has 0 bridgehead atoms. The molecule has 2 aromatic rings. The van der Waals surface area contributed by atoms with Crippen LogP contribution in [0.25, 0.3) is 0 Å². The SMILES string of the molecule is O=C1CC(Cc2ccc(S(=O)(=O)N3CCNCC3)cc2)CN1c1ccccc1. The molecule has 1 atom stereocenters. The lowest BCUT2D eigenvalue weighted by atomic mass is 9.99. The standard InChI is InChI=1S/C21H25N3O3S/c25-21-15-18(16-24(21)19-4-2-1-3-5-19)14-17-6-8-20(9-7-17)28(26,27)23-12-10-22-11-13-23/h1-9,18,22H,10-16H2. The molecule has 2 aromatic carbocycles. The van der Waals surface area contributed by atoms with Crippen molar-refractivity contribution in [3.05, 3.63) is 60.2 Å². The van der Waals surface area contributed by atoms with Gasteiger partial charge in [-0.25, -0.2) is 8.42 Å². The average Bonchev–Trinajstić information content (AvgIpc) is 3.10. The number of piperazine rings is 1. The van der Waals surface area contributed by atoms with Crippen molar-refractivity contribution in [1.29, 1.82) is 0 Å². The Hall–Kier alpha value is -2.22. The highest BCUT2D eigenvalue weighted by atomic mass is 32.2. The summed E-state index contributed by atoms with van der Waals surface area (Å²) in [6, 6.07) is 16.9. The van der Waals surface area contributed by atoms with Gasteiger partial charge in [0, 0.05) is 44.8 Å². The van der Waals surface area contributed by atoms with E-state index in [-0.39, 0.29) is 11.8 Å². The first-order valence-electron chi connectivity index (χ1n) is 9.69. The van der Waals surface area contributed by atoms with Crippen molar-refractivity contribution in [2.75, 3.05) is 37.6 Å². The second kappa shape index (κ2) is 8.03. The number of carbonyl (C=O) groups is 1. The first-order valence-corrected chi connectivity index (χ1v) is 11.1. The monoisotopic (exact) mass is 399 g/mol. The Morgan fingerprint density at radius 1 is 0.964 bits per heavy atom. The van der Waals surface area contributed by atoms with E-state index in [1.54, 1.807) is 12.1 Å². The molecule has 2 saturated heterocycles. The predicted octanol–water partition coefficient (Wildman–Crippen LogP) is 1.88. The molecule has 0 aromatic heterocycles. The zero-order chi connectivity index (χ0) is 19.6. The topological polar surface area (TPSA) is 69.7 Å². The Balaban J connectivity index is 1.42. The number of benzene rings is 2. The van der Waals surface area contributed by atoms with Gasteiger partial charge >= 0.3 is 0 Å². The van der Waals surface area contributed by atoms with Crippen LogP contribution in [0.2, 0.25) is 0 Å². The molecule has 1 amide bonds. The Kier molecular flexibility index (Phi) is 5.48. The van der Waals surface area contributed by atoms with Gasteiger partial charge in [0.05, 0.1) is 4.90 Å². The van der Waals surface area contributed by atoms with Crippen molar-refractivity contribution < 1.29 is 13.2 Å². The minimum Gasteiger partial charge on any atom is -0.314 e. The van der Waals surface area contributed by atoms with Crippen LogP contribution in [-0.4, -0.2) is 51.4 Å². The first kappa shape index (κ1) is 19.1. The second-order valence-electron chi connectivity index (χ2n) is 7.41. The van der Waals surface area contributed by atoms with Gasteiger partial charge in [-0.05, 0) is 42.2 Å². The summed E-state index contributed by atoms with van der Waals surface area (Å²) in [5, 5.41) is 3.17. The Morgan fingerprint density at radius 3 is 2.32 bits per heavy atom. The molecule has 28 heavy (non-hydrogen) atoms. The summed E-state index contributed by atoms with van der Waals surface area (Å²) < 4.78 is 27.0. The maximum atomic E-state index is 12.7. The summed E-state index contributed by atoms with van der Waals surface area (Å²) in [6.45, 7) is 3.08. The van der Waals surface area contributed by atoms with Crippen molar-refractivity contribution in [1.82, 2.24) is 9.62 Å². The van der Waals surface area contributed by atoms with E-state index in [4.69, 9.17) is 0 Å². The molecule has 2 fully saturated rings. The molecule has 4 rings (SSSR count). The van der Waals surface area contributed by atoms with Gasteiger partial charge in [0.15, 0.2) is 0 Å². The number of hydrogen-bond acceptors (Lipinski definition) is 4. The van der Waals surface area contributed by atoms with Gasteiger partial charge in [-0.15, -0.1) is 0 Å². The lowest BCUT2D eigenvalue weighted by molar-refractivity contribution is -0.117. The highest BCUT2D eigenvalue weighted by molar-refractivity contribution is 7.89. The molecule has 1 unspecified atom stereocenters. The molecule has 6 nitrogen and oxygen atoms in total. The molecule has 2 aliphatic heterocycles. The highest BCUT2D eigenvalue weighted by Crippen LogP contribution is 2.27. The van der Waals surface area contributed by atoms with Gasteiger partial charge in [-0.3, -0.25) is 4.79 Å². The predicted molar refractivity (Wildman–Crippen MR) is 109 cm³/mol.